The van der Waals surface area contributed by atoms with Crippen LogP contribution in [0.25, 0.3) is 0 Å². The lowest BCUT2D eigenvalue weighted by Crippen LogP contribution is -2.41. The highest BCUT2D eigenvalue weighted by Gasteiger charge is 2.28. The number of ether oxygens (including phenoxy) is 1. The maximum atomic E-state index is 11.4. The zero-order valence-corrected chi connectivity index (χ0v) is 9.87. The van der Waals surface area contributed by atoms with Gasteiger partial charge in [-0.25, -0.2) is 14.8 Å². The molecule has 1 heterocycles. The van der Waals surface area contributed by atoms with Crippen LogP contribution in [0, 0.1) is 0 Å². The third-order valence-corrected chi connectivity index (χ3v) is 2.06. The fourth-order valence-electron chi connectivity index (χ4n) is 1.19. The quantitative estimate of drug-likeness (QED) is 0.739. The number of methoxy groups -OCH3 is 1. The summed E-state index contributed by atoms with van der Waals surface area (Å²) in [7, 11) is 3.11. The molecule has 0 aliphatic heterocycles. The van der Waals surface area contributed by atoms with Crippen molar-refractivity contribution in [3.05, 3.63) is 12.4 Å². The van der Waals surface area contributed by atoms with Crippen LogP contribution in [0.4, 0.5) is 11.6 Å². The van der Waals surface area contributed by atoms with Crippen LogP contribution in [-0.4, -0.2) is 35.6 Å². The van der Waals surface area contributed by atoms with Crippen molar-refractivity contribution < 1.29 is 9.53 Å². The molecular formula is C10H16N4O2. The van der Waals surface area contributed by atoms with Crippen molar-refractivity contribution in [3.63, 3.8) is 0 Å². The molecule has 0 saturated carbocycles. The van der Waals surface area contributed by atoms with Crippen molar-refractivity contribution in [3.8, 4) is 0 Å². The second-order valence-electron chi connectivity index (χ2n) is 3.78. The van der Waals surface area contributed by atoms with E-state index in [4.69, 9.17) is 0 Å². The second-order valence-corrected chi connectivity index (χ2v) is 3.78. The summed E-state index contributed by atoms with van der Waals surface area (Å²) in [6.45, 7) is 3.44. The van der Waals surface area contributed by atoms with Crippen LogP contribution in [0.2, 0.25) is 0 Å². The first-order valence-corrected chi connectivity index (χ1v) is 4.86. The zero-order valence-electron chi connectivity index (χ0n) is 9.87. The Morgan fingerprint density at radius 2 is 2.00 bits per heavy atom. The molecule has 0 aliphatic rings. The molecular weight excluding hydrogens is 208 g/mol. The molecule has 0 unspecified atom stereocenters. The summed E-state index contributed by atoms with van der Waals surface area (Å²) in [6.07, 6.45) is 1.42. The Morgan fingerprint density at radius 1 is 1.38 bits per heavy atom. The summed E-state index contributed by atoms with van der Waals surface area (Å²) in [6, 6.07) is 1.71. The Morgan fingerprint density at radius 3 is 2.56 bits per heavy atom. The average Bonchev–Trinajstić information content (AvgIpc) is 2.27. The van der Waals surface area contributed by atoms with Crippen LogP contribution in [0.1, 0.15) is 13.8 Å². The van der Waals surface area contributed by atoms with Crippen molar-refractivity contribution in [2.24, 2.45) is 0 Å². The van der Waals surface area contributed by atoms with Gasteiger partial charge in [0.25, 0.3) is 0 Å². The molecule has 0 saturated heterocycles. The van der Waals surface area contributed by atoms with Crippen LogP contribution in [0.3, 0.4) is 0 Å². The molecule has 0 fully saturated rings. The summed E-state index contributed by atoms with van der Waals surface area (Å²) in [5.74, 6) is 0.894. The molecule has 6 nitrogen and oxygen atoms in total. The summed E-state index contributed by atoms with van der Waals surface area (Å²) < 4.78 is 4.68. The average molecular weight is 224 g/mol. The Hall–Kier alpha value is -1.85. The minimum atomic E-state index is -0.825. The fourth-order valence-corrected chi connectivity index (χ4v) is 1.19. The van der Waals surface area contributed by atoms with Gasteiger partial charge >= 0.3 is 5.97 Å². The number of esters is 1. The molecule has 0 spiro atoms. The normalized spacial score (nSPS) is 10.8. The van der Waals surface area contributed by atoms with Crippen LogP contribution in [0.15, 0.2) is 12.4 Å². The summed E-state index contributed by atoms with van der Waals surface area (Å²) in [4.78, 5) is 19.4. The second kappa shape index (κ2) is 4.78. The molecule has 16 heavy (non-hydrogen) atoms. The van der Waals surface area contributed by atoms with Crippen molar-refractivity contribution in [1.82, 2.24) is 9.97 Å². The number of carbonyl (C=O) groups is 1. The number of carbonyl (C=O) groups excluding carboxylic acids is 1. The van der Waals surface area contributed by atoms with Gasteiger partial charge < -0.3 is 15.4 Å². The first-order chi connectivity index (χ1) is 7.49. The van der Waals surface area contributed by atoms with Crippen molar-refractivity contribution >= 4 is 17.6 Å². The number of aromatic nitrogens is 2. The van der Waals surface area contributed by atoms with Gasteiger partial charge in [-0.15, -0.1) is 0 Å². The molecule has 0 aliphatic carbocycles. The molecule has 0 amide bonds. The smallest absolute Gasteiger partial charge is 0.330 e. The number of hydrogen-bond acceptors (Lipinski definition) is 6. The Kier molecular flexibility index (Phi) is 3.65. The molecule has 1 rings (SSSR count). The lowest BCUT2D eigenvalue weighted by atomic mass is 10.1. The van der Waals surface area contributed by atoms with E-state index < -0.39 is 5.54 Å². The highest BCUT2D eigenvalue weighted by molar-refractivity contribution is 5.83. The van der Waals surface area contributed by atoms with Gasteiger partial charge in [0.15, 0.2) is 0 Å². The van der Waals surface area contributed by atoms with Crippen molar-refractivity contribution in [2.75, 3.05) is 24.8 Å². The Bertz CT molecular complexity index is 379. The van der Waals surface area contributed by atoms with Gasteiger partial charge in [-0.2, -0.15) is 0 Å². The Labute approximate surface area is 94.4 Å². The maximum Gasteiger partial charge on any atom is 0.330 e. The molecule has 0 radical (unpaired) electrons. The van der Waals surface area contributed by atoms with E-state index in [9.17, 15) is 4.79 Å². The fraction of sp³-hybridized carbons (Fsp3) is 0.500. The number of rotatable bonds is 4. The van der Waals surface area contributed by atoms with Gasteiger partial charge in [0.2, 0.25) is 0 Å². The van der Waals surface area contributed by atoms with Gasteiger partial charge in [-0.3, -0.25) is 0 Å². The van der Waals surface area contributed by atoms with Crippen molar-refractivity contribution in [1.29, 1.82) is 0 Å². The van der Waals surface area contributed by atoms with Crippen LogP contribution in [-0.2, 0) is 9.53 Å². The van der Waals surface area contributed by atoms with E-state index in [1.807, 2.05) is 0 Å². The van der Waals surface area contributed by atoms with Gasteiger partial charge in [0.1, 0.15) is 23.5 Å². The lowest BCUT2D eigenvalue weighted by Gasteiger charge is -2.23. The lowest BCUT2D eigenvalue weighted by molar-refractivity contribution is -0.144. The molecule has 6 heteroatoms. The first-order valence-electron chi connectivity index (χ1n) is 4.86. The monoisotopic (exact) mass is 224 g/mol. The molecule has 0 aromatic carbocycles. The number of nitrogens with one attached hydrogen (secondary N) is 2. The topological polar surface area (TPSA) is 76.1 Å². The van der Waals surface area contributed by atoms with Gasteiger partial charge in [0, 0.05) is 13.1 Å². The third-order valence-electron chi connectivity index (χ3n) is 2.06. The molecule has 2 N–H and O–H groups in total. The van der Waals surface area contributed by atoms with E-state index in [-0.39, 0.29) is 5.97 Å². The van der Waals surface area contributed by atoms with E-state index in [2.05, 4.69) is 25.3 Å². The number of anilines is 2. The van der Waals surface area contributed by atoms with Crippen molar-refractivity contribution in [2.45, 2.75) is 19.4 Å². The minimum Gasteiger partial charge on any atom is -0.467 e. The van der Waals surface area contributed by atoms with Gasteiger partial charge in [-0.1, -0.05) is 0 Å². The van der Waals surface area contributed by atoms with E-state index in [1.54, 1.807) is 27.0 Å². The van der Waals surface area contributed by atoms with Gasteiger partial charge in [-0.05, 0) is 13.8 Å². The van der Waals surface area contributed by atoms with Crippen LogP contribution < -0.4 is 10.6 Å². The number of hydrogen-bond donors (Lipinski definition) is 2. The predicted molar refractivity (Wildman–Crippen MR) is 61.3 cm³/mol. The molecule has 1 aromatic heterocycles. The van der Waals surface area contributed by atoms with Gasteiger partial charge in [0.05, 0.1) is 7.11 Å². The SMILES string of the molecule is CNc1cc(NC(C)(C)C(=O)OC)ncn1. The predicted octanol–water partition coefficient (Wildman–Crippen LogP) is 0.882. The molecule has 0 atom stereocenters. The highest BCUT2D eigenvalue weighted by atomic mass is 16.5. The molecule has 0 bridgehead atoms. The summed E-state index contributed by atoms with van der Waals surface area (Å²) >= 11 is 0. The van der Waals surface area contributed by atoms with E-state index in [0.29, 0.717) is 11.6 Å². The Balaban J connectivity index is 2.83. The van der Waals surface area contributed by atoms with E-state index >= 15 is 0 Å². The molecule has 88 valence electrons. The highest BCUT2D eigenvalue weighted by Crippen LogP contribution is 2.15. The first kappa shape index (κ1) is 12.2. The minimum absolute atomic E-state index is 0.350. The summed E-state index contributed by atoms with van der Waals surface area (Å²) in [5.41, 5.74) is -0.825. The van der Waals surface area contributed by atoms with Crippen LogP contribution >= 0.6 is 0 Å². The maximum absolute atomic E-state index is 11.4. The van der Waals surface area contributed by atoms with E-state index in [1.165, 1.54) is 13.4 Å². The standard InChI is InChI=1S/C10H16N4O2/c1-10(2,9(15)16-4)14-8-5-7(11-3)12-6-13-8/h5-6H,1-4H3,(H2,11,12,13,14). The third kappa shape index (κ3) is 2.82. The summed E-state index contributed by atoms with van der Waals surface area (Å²) in [5, 5.41) is 5.87. The molecule has 1 aromatic rings. The van der Waals surface area contributed by atoms with E-state index in [0.717, 1.165) is 0 Å². The number of nitrogens with zero attached hydrogens (tertiary/aromatic N) is 2. The zero-order chi connectivity index (χ0) is 12.2. The largest absolute Gasteiger partial charge is 0.467 e. The van der Waals surface area contributed by atoms with Crippen LogP contribution in [0.5, 0.6) is 0 Å².